The highest BCUT2D eigenvalue weighted by Crippen LogP contribution is 2.36. The molecule has 1 aromatic rings. The van der Waals surface area contributed by atoms with Crippen molar-refractivity contribution in [2.24, 2.45) is 0 Å². The van der Waals surface area contributed by atoms with Crippen LogP contribution in [0, 0.1) is 17.1 Å². The molecule has 1 fully saturated rings. The third kappa shape index (κ3) is 3.03. The number of nitriles is 1. The van der Waals surface area contributed by atoms with Gasteiger partial charge in [0.15, 0.2) is 0 Å². The van der Waals surface area contributed by atoms with E-state index in [2.05, 4.69) is 0 Å². The van der Waals surface area contributed by atoms with Crippen LogP contribution in [0.2, 0.25) is 0 Å². The minimum Gasteiger partial charge on any atom is -0.399 e. The van der Waals surface area contributed by atoms with Gasteiger partial charge in [-0.15, -0.1) is 0 Å². The van der Waals surface area contributed by atoms with Gasteiger partial charge in [-0.3, -0.25) is 0 Å². The van der Waals surface area contributed by atoms with Crippen LogP contribution in [0.15, 0.2) is 18.2 Å². The van der Waals surface area contributed by atoms with Gasteiger partial charge in [-0.2, -0.15) is 5.26 Å². The van der Waals surface area contributed by atoms with Crippen molar-refractivity contribution in [2.45, 2.75) is 52.7 Å². The summed E-state index contributed by atoms with van der Waals surface area (Å²) in [7, 11) is -0.600. The molecule has 1 aromatic carbocycles. The van der Waals surface area contributed by atoms with Gasteiger partial charge in [0.25, 0.3) is 0 Å². The Labute approximate surface area is 120 Å². The quantitative estimate of drug-likeness (QED) is 0.741. The summed E-state index contributed by atoms with van der Waals surface area (Å²) in [5.41, 5.74) is -0.301. The minimum absolute atomic E-state index is 0.0234. The summed E-state index contributed by atoms with van der Waals surface area (Å²) in [4.78, 5) is 0. The number of halogens is 1. The molecule has 1 saturated heterocycles. The van der Waals surface area contributed by atoms with Gasteiger partial charge >= 0.3 is 7.12 Å². The van der Waals surface area contributed by atoms with Crippen molar-refractivity contribution in [3.63, 3.8) is 0 Å². The van der Waals surface area contributed by atoms with Crippen LogP contribution < -0.4 is 5.46 Å². The van der Waals surface area contributed by atoms with Crippen molar-refractivity contribution >= 4 is 12.6 Å². The normalized spacial score (nSPS) is 19.0. The van der Waals surface area contributed by atoms with Crippen molar-refractivity contribution in [3.8, 4) is 6.07 Å². The second-order valence-corrected chi connectivity index (χ2v) is 5.44. The number of benzene rings is 1. The largest absolute Gasteiger partial charge is 0.494 e. The van der Waals surface area contributed by atoms with E-state index >= 15 is 0 Å². The average Bonchev–Trinajstić information content (AvgIpc) is 2.61. The van der Waals surface area contributed by atoms with E-state index in [1.165, 1.54) is 12.1 Å². The van der Waals surface area contributed by atoms with Gasteiger partial charge in [0.05, 0.1) is 16.8 Å². The van der Waals surface area contributed by atoms with E-state index in [9.17, 15) is 4.39 Å². The van der Waals surface area contributed by atoms with Crippen LogP contribution >= 0.6 is 0 Å². The van der Waals surface area contributed by atoms with Gasteiger partial charge < -0.3 is 9.31 Å². The molecule has 0 radical (unpaired) electrons. The first-order chi connectivity index (χ1) is 9.27. The molecule has 0 aromatic heterocycles. The summed E-state index contributed by atoms with van der Waals surface area (Å²) in [6.07, 6.45) is 0. The Balaban J connectivity index is 0.000000956. The molecule has 108 valence electrons. The SMILES string of the molecule is CC.CC1(C)OB(c2ccc(C#N)c(F)c2)OC1(C)C. The summed E-state index contributed by atoms with van der Waals surface area (Å²) in [6.45, 7) is 11.8. The monoisotopic (exact) mass is 277 g/mol. The smallest absolute Gasteiger partial charge is 0.399 e. The fraction of sp³-hybridized carbons (Fsp3) is 0.533. The maximum absolute atomic E-state index is 13.6. The zero-order chi connectivity index (χ0) is 15.6. The van der Waals surface area contributed by atoms with Crippen molar-refractivity contribution < 1.29 is 13.7 Å². The molecule has 0 bridgehead atoms. The summed E-state index contributed by atoms with van der Waals surface area (Å²) < 4.78 is 25.2. The molecule has 0 spiro atoms. The second kappa shape index (κ2) is 5.95. The van der Waals surface area contributed by atoms with E-state index < -0.39 is 24.1 Å². The van der Waals surface area contributed by atoms with Crippen LogP contribution in [0.5, 0.6) is 0 Å². The Morgan fingerprint density at radius 3 is 2.00 bits per heavy atom. The van der Waals surface area contributed by atoms with Crippen LogP contribution in [-0.2, 0) is 9.31 Å². The highest BCUT2D eigenvalue weighted by molar-refractivity contribution is 6.62. The lowest BCUT2D eigenvalue weighted by atomic mass is 9.79. The third-order valence-corrected chi connectivity index (χ3v) is 3.64. The molecule has 0 atom stereocenters. The zero-order valence-electron chi connectivity index (χ0n) is 13.0. The van der Waals surface area contributed by atoms with Gasteiger partial charge in [-0.05, 0) is 45.3 Å². The molecule has 0 unspecified atom stereocenters. The van der Waals surface area contributed by atoms with Crippen molar-refractivity contribution in [1.82, 2.24) is 0 Å². The van der Waals surface area contributed by atoms with E-state index in [0.717, 1.165) is 0 Å². The van der Waals surface area contributed by atoms with Crippen LogP contribution in [0.25, 0.3) is 0 Å². The van der Waals surface area contributed by atoms with Gasteiger partial charge in [0, 0.05) is 0 Å². The maximum atomic E-state index is 13.6. The summed E-state index contributed by atoms with van der Waals surface area (Å²) in [6, 6.07) is 6.18. The molecule has 3 nitrogen and oxygen atoms in total. The molecule has 1 aliphatic rings. The second-order valence-electron chi connectivity index (χ2n) is 5.44. The molecule has 20 heavy (non-hydrogen) atoms. The highest BCUT2D eigenvalue weighted by Gasteiger charge is 2.51. The molecule has 0 aliphatic carbocycles. The lowest BCUT2D eigenvalue weighted by Crippen LogP contribution is -2.41. The molecular formula is C15H21BFNO2. The lowest BCUT2D eigenvalue weighted by Gasteiger charge is -2.32. The predicted octanol–water partition coefficient (Wildman–Crippen LogP) is 3.02. The Bertz CT molecular complexity index is 507. The molecule has 0 amide bonds. The number of hydrogen-bond acceptors (Lipinski definition) is 3. The van der Waals surface area contributed by atoms with E-state index in [0.29, 0.717) is 5.46 Å². The van der Waals surface area contributed by atoms with E-state index in [4.69, 9.17) is 14.6 Å². The number of rotatable bonds is 1. The predicted molar refractivity (Wildman–Crippen MR) is 78.2 cm³/mol. The molecule has 1 aliphatic heterocycles. The molecule has 2 rings (SSSR count). The van der Waals surface area contributed by atoms with Gasteiger partial charge in [0.2, 0.25) is 0 Å². The summed E-state index contributed by atoms with van der Waals surface area (Å²) >= 11 is 0. The van der Waals surface area contributed by atoms with Gasteiger partial charge in [0.1, 0.15) is 11.9 Å². The highest BCUT2D eigenvalue weighted by atomic mass is 19.1. The van der Waals surface area contributed by atoms with E-state index in [1.807, 2.05) is 41.5 Å². The Morgan fingerprint density at radius 2 is 1.60 bits per heavy atom. The van der Waals surface area contributed by atoms with Crippen molar-refractivity contribution in [1.29, 1.82) is 5.26 Å². The zero-order valence-corrected chi connectivity index (χ0v) is 13.0. The number of nitrogens with zero attached hydrogens (tertiary/aromatic N) is 1. The molecule has 0 saturated carbocycles. The van der Waals surface area contributed by atoms with Crippen molar-refractivity contribution in [3.05, 3.63) is 29.6 Å². The maximum Gasteiger partial charge on any atom is 0.494 e. The molecule has 1 heterocycles. The van der Waals surface area contributed by atoms with Crippen LogP contribution in [-0.4, -0.2) is 18.3 Å². The minimum atomic E-state index is -0.600. The third-order valence-electron chi connectivity index (χ3n) is 3.64. The van der Waals surface area contributed by atoms with Gasteiger partial charge in [-0.25, -0.2) is 4.39 Å². The first kappa shape index (κ1) is 16.7. The fourth-order valence-electron chi connectivity index (χ4n) is 1.75. The van der Waals surface area contributed by atoms with E-state index in [1.54, 1.807) is 12.1 Å². The molecular weight excluding hydrogens is 256 g/mol. The molecule has 5 heteroatoms. The van der Waals surface area contributed by atoms with E-state index in [-0.39, 0.29) is 5.56 Å². The first-order valence-electron chi connectivity index (χ1n) is 6.82. The first-order valence-corrected chi connectivity index (χ1v) is 6.82. The van der Waals surface area contributed by atoms with Gasteiger partial charge in [-0.1, -0.05) is 19.9 Å². The number of hydrogen-bond donors (Lipinski definition) is 0. The van der Waals surface area contributed by atoms with Crippen LogP contribution in [0.1, 0.15) is 47.1 Å². The Kier molecular flexibility index (Phi) is 4.96. The standard InChI is InChI=1S/C13H15BFNO2.C2H6/c1-12(2)13(3,4)18-14(17-12)10-6-5-9(8-16)11(15)7-10;1-2/h5-7H,1-4H3;1-2H3. The topological polar surface area (TPSA) is 42.2 Å². The Morgan fingerprint density at radius 1 is 1.10 bits per heavy atom. The fourth-order valence-corrected chi connectivity index (χ4v) is 1.75. The summed E-state index contributed by atoms with van der Waals surface area (Å²) in [5.74, 6) is -0.551. The van der Waals surface area contributed by atoms with Crippen LogP contribution in [0.3, 0.4) is 0 Å². The Hall–Kier alpha value is -1.38. The lowest BCUT2D eigenvalue weighted by molar-refractivity contribution is 0.00578. The average molecular weight is 277 g/mol. The van der Waals surface area contributed by atoms with Crippen LogP contribution in [0.4, 0.5) is 4.39 Å². The molecule has 0 N–H and O–H groups in total. The summed E-state index contributed by atoms with van der Waals surface area (Å²) in [5, 5.41) is 8.69. The van der Waals surface area contributed by atoms with Crippen molar-refractivity contribution in [2.75, 3.05) is 0 Å².